The van der Waals surface area contributed by atoms with Crippen LogP contribution < -0.4 is 29.1 Å². The Kier molecular flexibility index (Phi) is 4.16. The van der Waals surface area contributed by atoms with Gasteiger partial charge in [-0.2, -0.15) is 0 Å². The minimum absolute atomic E-state index is 0.767. The number of benzene rings is 1. The molecule has 0 atom stereocenters. The van der Waals surface area contributed by atoms with Crippen LogP contribution in [0, 0.1) is 10.2 Å². The van der Waals surface area contributed by atoms with Gasteiger partial charge in [-0.05, 0) is 11.2 Å². The van der Waals surface area contributed by atoms with Gasteiger partial charge in [-0.3, -0.25) is 0 Å². The standard InChI is InChI=1S/C9H10N3.ClHO4/c1-12-6-8(10)7-4-2-3-5-9(7)11-12;2-1(3,4)5/h2-6H,1H3,(H2,10,11);(H,2,3,4,5)/q+1;/p-1. The molecule has 0 amide bonds. The Hall–Kier alpha value is -1.51. The van der Waals surface area contributed by atoms with Crippen molar-refractivity contribution >= 4 is 16.6 Å². The van der Waals surface area contributed by atoms with E-state index < -0.39 is 10.2 Å². The van der Waals surface area contributed by atoms with E-state index in [-0.39, 0.29) is 0 Å². The first-order valence-corrected chi connectivity index (χ1v) is 5.64. The van der Waals surface area contributed by atoms with Crippen molar-refractivity contribution in [3.63, 3.8) is 0 Å². The van der Waals surface area contributed by atoms with Gasteiger partial charge in [0.2, 0.25) is 6.20 Å². The number of aromatic nitrogens is 2. The van der Waals surface area contributed by atoms with Gasteiger partial charge in [-0.15, -0.1) is 10.2 Å². The van der Waals surface area contributed by atoms with Crippen molar-refractivity contribution in [3.8, 4) is 0 Å². The fraction of sp³-hybridized carbons (Fsp3) is 0.111. The summed E-state index contributed by atoms with van der Waals surface area (Å²) >= 11 is 0. The molecule has 0 bridgehead atoms. The Morgan fingerprint density at radius 1 is 1.18 bits per heavy atom. The Morgan fingerprint density at radius 2 is 1.71 bits per heavy atom. The molecule has 1 heterocycles. The molecule has 2 rings (SSSR count). The van der Waals surface area contributed by atoms with Crippen molar-refractivity contribution in [1.82, 2.24) is 5.10 Å². The van der Waals surface area contributed by atoms with Gasteiger partial charge in [-0.25, -0.2) is 18.6 Å². The molecule has 0 aliphatic rings. The maximum atomic E-state index is 8.49. The molecule has 17 heavy (non-hydrogen) atoms. The average molecular weight is 260 g/mol. The fourth-order valence-corrected chi connectivity index (χ4v) is 1.27. The zero-order chi connectivity index (χ0) is 13.1. The Bertz CT molecular complexity index is 509. The van der Waals surface area contributed by atoms with Crippen LogP contribution in [0.5, 0.6) is 0 Å². The SMILES string of the molecule is C[n+]1cc(N)c2ccccc2n1.[O-][Cl+3]([O-])([O-])[O-]. The van der Waals surface area contributed by atoms with Crippen LogP contribution in [-0.2, 0) is 7.05 Å². The van der Waals surface area contributed by atoms with Crippen molar-refractivity contribution in [3.05, 3.63) is 30.5 Å². The van der Waals surface area contributed by atoms with Gasteiger partial charge in [0.25, 0.3) is 0 Å². The lowest BCUT2D eigenvalue weighted by atomic mass is 10.2. The summed E-state index contributed by atoms with van der Waals surface area (Å²) in [5.41, 5.74) is 7.49. The highest BCUT2D eigenvalue weighted by Gasteiger charge is 2.03. The van der Waals surface area contributed by atoms with Gasteiger partial charge in [0.15, 0.2) is 7.05 Å². The first kappa shape index (κ1) is 13.6. The molecule has 1 aromatic heterocycles. The normalized spacial score (nSPS) is 10.9. The van der Waals surface area contributed by atoms with Crippen LogP contribution >= 0.6 is 0 Å². The lowest BCUT2D eigenvalue weighted by Crippen LogP contribution is -2.68. The third-order valence-corrected chi connectivity index (χ3v) is 1.81. The molecule has 1 aromatic carbocycles. The van der Waals surface area contributed by atoms with E-state index >= 15 is 0 Å². The topological polar surface area (TPSA) is 135 Å². The Labute approximate surface area is 99.1 Å². The van der Waals surface area contributed by atoms with Gasteiger partial charge in [-0.1, -0.05) is 22.9 Å². The van der Waals surface area contributed by atoms with Crippen molar-refractivity contribution < 1.29 is 33.6 Å². The van der Waals surface area contributed by atoms with E-state index in [1.807, 2.05) is 37.5 Å². The molecular weight excluding hydrogens is 250 g/mol. The highest BCUT2D eigenvalue weighted by Crippen LogP contribution is 2.14. The number of hydrogen-bond donors (Lipinski definition) is 1. The number of nitrogens with two attached hydrogens (primary N) is 1. The van der Waals surface area contributed by atoms with Crippen LogP contribution in [0.2, 0.25) is 0 Å². The number of hydrogen-bond acceptors (Lipinski definition) is 6. The van der Waals surface area contributed by atoms with Crippen LogP contribution in [0.1, 0.15) is 0 Å². The molecule has 0 radical (unpaired) electrons. The summed E-state index contributed by atoms with van der Waals surface area (Å²) in [5.74, 6) is 0. The van der Waals surface area contributed by atoms with Gasteiger partial charge >= 0.3 is 0 Å². The van der Waals surface area contributed by atoms with E-state index in [1.165, 1.54) is 0 Å². The highest BCUT2D eigenvalue weighted by molar-refractivity contribution is 5.88. The van der Waals surface area contributed by atoms with E-state index in [0.29, 0.717) is 0 Å². The predicted molar refractivity (Wildman–Crippen MR) is 47.3 cm³/mol. The lowest BCUT2D eigenvalue weighted by Gasteiger charge is -2.17. The number of halogens is 1. The number of rotatable bonds is 0. The number of fused-ring (bicyclic) bond motifs is 1. The molecular formula is C9H10ClN3O4. The van der Waals surface area contributed by atoms with Gasteiger partial charge in [0.1, 0.15) is 11.2 Å². The van der Waals surface area contributed by atoms with Crippen LogP contribution in [-0.4, -0.2) is 5.10 Å². The first-order valence-electron chi connectivity index (χ1n) is 4.40. The fourth-order valence-electron chi connectivity index (χ4n) is 1.27. The molecule has 0 aliphatic carbocycles. The van der Waals surface area contributed by atoms with E-state index in [0.717, 1.165) is 16.6 Å². The van der Waals surface area contributed by atoms with Crippen molar-refractivity contribution in [1.29, 1.82) is 0 Å². The van der Waals surface area contributed by atoms with Gasteiger partial charge in [0, 0.05) is 5.39 Å². The van der Waals surface area contributed by atoms with Crippen molar-refractivity contribution in [2.24, 2.45) is 7.05 Å². The molecule has 0 spiro atoms. The Balaban J connectivity index is 0.000000249. The van der Waals surface area contributed by atoms with E-state index in [9.17, 15) is 0 Å². The van der Waals surface area contributed by atoms with Gasteiger partial charge in [0.05, 0.1) is 0 Å². The number of nitrogen functional groups attached to an aromatic ring is 1. The first-order chi connectivity index (χ1) is 7.77. The molecule has 0 fully saturated rings. The zero-order valence-electron chi connectivity index (χ0n) is 8.87. The smallest absolute Gasteiger partial charge is 0.219 e. The largest absolute Gasteiger partial charge is 0.393 e. The summed E-state index contributed by atoms with van der Waals surface area (Å²) in [5, 5.41) is 5.28. The molecule has 0 aliphatic heterocycles. The molecule has 7 nitrogen and oxygen atoms in total. The second kappa shape index (κ2) is 5.21. The maximum Gasteiger partial charge on any atom is 0.219 e. The molecule has 0 unspecified atom stereocenters. The quantitative estimate of drug-likeness (QED) is 0.478. The van der Waals surface area contributed by atoms with Crippen LogP contribution in [0.15, 0.2) is 30.5 Å². The number of anilines is 1. The summed E-state index contributed by atoms with van der Waals surface area (Å²) in [7, 11) is -3.08. The monoisotopic (exact) mass is 259 g/mol. The highest BCUT2D eigenvalue weighted by atomic mass is 35.7. The molecule has 0 saturated carbocycles. The lowest BCUT2D eigenvalue weighted by molar-refractivity contribution is -2.00. The predicted octanol–water partition coefficient (Wildman–Crippen LogP) is -4.11. The zero-order valence-corrected chi connectivity index (χ0v) is 9.63. The minimum atomic E-state index is -4.94. The summed E-state index contributed by atoms with van der Waals surface area (Å²) in [6.07, 6.45) is 1.81. The van der Waals surface area contributed by atoms with Crippen molar-refractivity contribution in [2.45, 2.75) is 0 Å². The minimum Gasteiger partial charge on any atom is -0.393 e. The Morgan fingerprint density at radius 3 is 2.29 bits per heavy atom. The van der Waals surface area contributed by atoms with Gasteiger partial charge < -0.3 is 5.73 Å². The van der Waals surface area contributed by atoms with Crippen molar-refractivity contribution in [2.75, 3.05) is 5.73 Å². The van der Waals surface area contributed by atoms with E-state index in [2.05, 4.69) is 5.10 Å². The second-order valence-corrected chi connectivity index (χ2v) is 3.91. The summed E-state index contributed by atoms with van der Waals surface area (Å²) < 4.78 is 35.7. The second-order valence-electron chi connectivity index (χ2n) is 3.15. The number of aryl methyl sites for hydroxylation is 1. The number of nitrogens with zero attached hydrogens (tertiary/aromatic N) is 2. The summed E-state index contributed by atoms with van der Waals surface area (Å²) in [6.45, 7) is 0. The molecule has 8 heteroatoms. The summed E-state index contributed by atoms with van der Waals surface area (Å²) in [4.78, 5) is 0. The van der Waals surface area contributed by atoms with Crippen LogP contribution in [0.25, 0.3) is 10.9 Å². The molecule has 0 saturated heterocycles. The summed E-state index contributed by atoms with van der Waals surface area (Å²) in [6, 6.07) is 7.83. The third-order valence-electron chi connectivity index (χ3n) is 1.81. The maximum absolute atomic E-state index is 8.49. The molecule has 2 N–H and O–H groups in total. The van der Waals surface area contributed by atoms with E-state index in [1.54, 1.807) is 4.68 Å². The molecule has 92 valence electrons. The third kappa shape index (κ3) is 4.89. The average Bonchev–Trinajstić information content (AvgIpc) is 2.14. The van der Waals surface area contributed by atoms with Crippen LogP contribution in [0.3, 0.4) is 0 Å². The van der Waals surface area contributed by atoms with E-state index in [4.69, 9.17) is 24.4 Å². The molecule has 2 aromatic rings. The van der Waals surface area contributed by atoms with Crippen LogP contribution in [0.4, 0.5) is 5.69 Å².